The van der Waals surface area contributed by atoms with Gasteiger partial charge in [-0.05, 0) is 51.7 Å². The number of hydrogen-bond donors (Lipinski definition) is 1. The van der Waals surface area contributed by atoms with Crippen molar-refractivity contribution in [1.29, 1.82) is 0 Å². The van der Waals surface area contributed by atoms with E-state index in [1.807, 2.05) is 36.1 Å². The molecule has 5 rings (SSSR count). The van der Waals surface area contributed by atoms with Gasteiger partial charge in [-0.2, -0.15) is 0 Å². The molecular formula is C29H35F4N3O. The normalized spacial score (nSPS) is 23.1. The summed E-state index contributed by atoms with van der Waals surface area (Å²) in [7, 11) is 0. The van der Waals surface area contributed by atoms with Crippen molar-refractivity contribution in [3.8, 4) is 5.75 Å². The summed E-state index contributed by atoms with van der Waals surface area (Å²) >= 11 is 0. The molecule has 0 aliphatic carbocycles. The van der Waals surface area contributed by atoms with Crippen LogP contribution in [-0.2, 0) is 6.42 Å². The minimum Gasteiger partial charge on any atom is -0.489 e. The van der Waals surface area contributed by atoms with E-state index in [9.17, 15) is 8.78 Å². The van der Waals surface area contributed by atoms with E-state index in [1.54, 1.807) is 0 Å². The summed E-state index contributed by atoms with van der Waals surface area (Å²) in [6.45, 7) is 6.62. The van der Waals surface area contributed by atoms with Crippen LogP contribution in [0.2, 0.25) is 0 Å². The summed E-state index contributed by atoms with van der Waals surface area (Å²) in [6, 6.07) is 9.36. The average Bonchev–Trinajstić information content (AvgIpc) is 3.42. The van der Waals surface area contributed by atoms with Gasteiger partial charge >= 0.3 is 0 Å². The van der Waals surface area contributed by atoms with Crippen molar-refractivity contribution < 1.29 is 22.3 Å². The molecule has 2 unspecified atom stereocenters. The van der Waals surface area contributed by atoms with Gasteiger partial charge in [0.2, 0.25) is 0 Å². The van der Waals surface area contributed by atoms with Crippen molar-refractivity contribution in [2.75, 3.05) is 32.9 Å². The van der Waals surface area contributed by atoms with Gasteiger partial charge in [0.05, 0.1) is 12.7 Å². The second-order valence-electron chi connectivity index (χ2n) is 11.1. The number of fused-ring (bicyclic) bond motifs is 3. The molecule has 0 saturated carbocycles. The highest BCUT2D eigenvalue weighted by Gasteiger charge is 2.41. The molecule has 3 aromatic rings. The van der Waals surface area contributed by atoms with E-state index < -0.39 is 23.3 Å². The Hall–Kier alpha value is -2.58. The molecule has 1 aromatic heterocycles. The first kappa shape index (κ1) is 26.0. The van der Waals surface area contributed by atoms with Gasteiger partial charge in [0.1, 0.15) is 29.2 Å². The monoisotopic (exact) mass is 517 g/mol. The third-order valence-electron chi connectivity index (χ3n) is 7.54. The SMILES string of the molecule is CC1Cc2c([nH]c3ccccc23)C(c2c(F)cc(O[C@H]3CCN(CCCF)C3)cc2F)N1CC(C)(C)F. The number of nitrogens with zero attached hydrogens (tertiary/aromatic N) is 2. The number of halogens is 4. The topological polar surface area (TPSA) is 31.5 Å². The van der Waals surface area contributed by atoms with E-state index in [-0.39, 0.29) is 36.7 Å². The van der Waals surface area contributed by atoms with Crippen LogP contribution in [0.15, 0.2) is 36.4 Å². The molecule has 200 valence electrons. The number of hydrogen-bond acceptors (Lipinski definition) is 3. The van der Waals surface area contributed by atoms with Gasteiger partial charge in [-0.25, -0.2) is 13.2 Å². The van der Waals surface area contributed by atoms with E-state index in [4.69, 9.17) is 4.74 Å². The molecule has 0 spiro atoms. The average molecular weight is 518 g/mol. The molecule has 2 aliphatic heterocycles. The molecule has 3 heterocycles. The largest absolute Gasteiger partial charge is 0.489 e. The van der Waals surface area contributed by atoms with E-state index in [0.717, 1.165) is 29.4 Å². The molecule has 1 N–H and O–H groups in total. The summed E-state index contributed by atoms with van der Waals surface area (Å²) in [4.78, 5) is 7.35. The summed E-state index contributed by atoms with van der Waals surface area (Å²) in [5.41, 5.74) is 0.953. The van der Waals surface area contributed by atoms with Crippen LogP contribution in [0.5, 0.6) is 5.75 Å². The van der Waals surface area contributed by atoms with Crippen LogP contribution in [0.3, 0.4) is 0 Å². The van der Waals surface area contributed by atoms with Crippen LogP contribution in [0.1, 0.15) is 56.5 Å². The van der Waals surface area contributed by atoms with Gasteiger partial charge in [-0.15, -0.1) is 0 Å². The summed E-state index contributed by atoms with van der Waals surface area (Å²) in [5, 5.41) is 1.02. The van der Waals surface area contributed by atoms with Gasteiger partial charge in [-0.3, -0.25) is 14.2 Å². The second-order valence-corrected chi connectivity index (χ2v) is 11.1. The zero-order valence-corrected chi connectivity index (χ0v) is 21.7. The lowest BCUT2D eigenvalue weighted by Gasteiger charge is -2.43. The first-order valence-corrected chi connectivity index (χ1v) is 13.1. The molecule has 37 heavy (non-hydrogen) atoms. The van der Waals surface area contributed by atoms with Crippen LogP contribution in [0.4, 0.5) is 17.6 Å². The first-order chi connectivity index (χ1) is 17.6. The maximum atomic E-state index is 15.8. The number of ether oxygens (including phenoxy) is 1. The standard InChI is InChI=1S/C29H35F4N3O/c1-18-13-22-21-7-4-5-8-25(21)34-27(22)28(36(18)17-29(2,3)33)26-23(31)14-20(15-24(26)32)37-19-9-12-35(16-19)11-6-10-30/h4-5,7-8,14-15,18-19,28,34H,6,9-13,16-17H2,1-3H3/t18?,19-,28?/m0/s1. The molecule has 2 aromatic carbocycles. The Morgan fingerprint density at radius 2 is 1.86 bits per heavy atom. The third kappa shape index (κ3) is 5.36. The number of H-pyrrole nitrogens is 1. The maximum absolute atomic E-state index is 15.8. The lowest BCUT2D eigenvalue weighted by molar-refractivity contribution is 0.0642. The number of benzene rings is 2. The van der Waals surface area contributed by atoms with Crippen molar-refractivity contribution in [2.24, 2.45) is 0 Å². The number of aromatic amines is 1. The van der Waals surface area contributed by atoms with Crippen LogP contribution >= 0.6 is 0 Å². The summed E-state index contributed by atoms with van der Waals surface area (Å²) in [6.07, 6.45) is 1.63. The smallest absolute Gasteiger partial charge is 0.135 e. The fourth-order valence-electron chi connectivity index (χ4n) is 5.96. The predicted molar refractivity (Wildman–Crippen MR) is 138 cm³/mol. The van der Waals surface area contributed by atoms with Gasteiger partial charge < -0.3 is 9.72 Å². The Balaban J connectivity index is 1.50. The molecule has 1 fully saturated rings. The van der Waals surface area contributed by atoms with E-state index in [2.05, 4.69) is 9.88 Å². The van der Waals surface area contributed by atoms with Crippen LogP contribution in [0.25, 0.3) is 10.9 Å². The van der Waals surface area contributed by atoms with Crippen LogP contribution < -0.4 is 4.74 Å². The molecule has 0 amide bonds. The van der Waals surface area contributed by atoms with Crippen LogP contribution in [-0.4, -0.2) is 65.5 Å². The summed E-state index contributed by atoms with van der Waals surface area (Å²) in [5.74, 6) is -1.30. The van der Waals surface area contributed by atoms with Crippen molar-refractivity contribution in [3.63, 3.8) is 0 Å². The van der Waals surface area contributed by atoms with Crippen molar-refractivity contribution in [1.82, 2.24) is 14.8 Å². The Morgan fingerprint density at radius 3 is 2.57 bits per heavy atom. The highest BCUT2D eigenvalue weighted by atomic mass is 19.1. The third-order valence-corrected chi connectivity index (χ3v) is 7.54. The van der Waals surface area contributed by atoms with Gasteiger partial charge in [0, 0.05) is 66.5 Å². The lowest BCUT2D eigenvalue weighted by Crippen LogP contribution is -2.48. The van der Waals surface area contributed by atoms with Gasteiger partial charge in [0.25, 0.3) is 0 Å². The zero-order chi connectivity index (χ0) is 26.3. The van der Waals surface area contributed by atoms with Crippen molar-refractivity contribution in [3.05, 3.63) is 64.9 Å². The Kier molecular flexibility index (Phi) is 7.24. The number of aromatic nitrogens is 1. The number of alkyl halides is 2. The minimum absolute atomic E-state index is 0.0293. The number of para-hydroxylation sites is 1. The number of likely N-dealkylation sites (tertiary alicyclic amines) is 1. The minimum atomic E-state index is -1.55. The molecule has 1 saturated heterocycles. The zero-order valence-electron chi connectivity index (χ0n) is 21.7. The Morgan fingerprint density at radius 1 is 1.14 bits per heavy atom. The molecule has 2 aliphatic rings. The molecule has 8 heteroatoms. The van der Waals surface area contributed by atoms with Crippen molar-refractivity contribution in [2.45, 2.75) is 63.9 Å². The van der Waals surface area contributed by atoms with E-state index in [0.29, 0.717) is 31.6 Å². The van der Waals surface area contributed by atoms with E-state index in [1.165, 1.54) is 26.0 Å². The van der Waals surface area contributed by atoms with Crippen molar-refractivity contribution >= 4 is 10.9 Å². The van der Waals surface area contributed by atoms with E-state index >= 15 is 8.78 Å². The fourth-order valence-corrected chi connectivity index (χ4v) is 5.96. The molecule has 0 bridgehead atoms. The summed E-state index contributed by atoms with van der Waals surface area (Å²) < 4.78 is 64.9. The highest BCUT2D eigenvalue weighted by Crippen LogP contribution is 2.43. The molecule has 0 radical (unpaired) electrons. The van der Waals surface area contributed by atoms with Crippen LogP contribution in [0, 0.1) is 11.6 Å². The fraction of sp³-hybridized carbons (Fsp3) is 0.517. The number of rotatable bonds is 8. The predicted octanol–water partition coefficient (Wildman–Crippen LogP) is 6.34. The lowest BCUT2D eigenvalue weighted by atomic mass is 9.87. The first-order valence-electron chi connectivity index (χ1n) is 13.1. The molecular weight excluding hydrogens is 482 g/mol. The highest BCUT2D eigenvalue weighted by molar-refractivity contribution is 5.85. The van der Waals surface area contributed by atoms with Gasteiger partial charge in [0.15, 0.2) is 0 Å². The molecule has 3 atom stereocenters. The quantitative estimate of drug-likeness (QED) is 0.354. The van der Waals surface area contributed by atoms with Gasteiger partial charge in [-0.1, -0.05) is 18.2 Å². The number of nitrogens with one attached hydrogen (secondary N) is 1. The molecule has 4 nitrogen and oxygen atoms in total. The second kappa shape index (κ2) is 10.3. The Labute approximate surface area is 215 Å². The maximum Gasteiger partial charge on any atom is 0.135 e. The Bertz CT molecular complexity index is 1230.